The summed E-state index contributed by atoms with van der Waals surface area (Å²) in [7, 11) is 1.87. The first-order valence-corrected chi connectivity index (χ1v) is 5.51. The second-order valence-corrected chi connectivity index (χ2v) is 4.58. The van der Waals surface area contributed by atoms with Gasteiger partial charge in [-0.1, -0.05) is 12.1 Å². The van der Waals surface area contributed by atoms with Gasteiger partial charge in [-0.05, 0) is 30.7 Å². The quantitative estimate of drug-likeness (QED) is 0.881. The van der Waals surface area contributed by atoms with E-state index >= 15 is 0 Å². The normalized spacial score (nSPS) is 14.6. The Bertz CT molecular complexity index is 500. The first-order valence-electron chi connectivity index (χ1n) is 5.51. The van der Waals surface area contributed by atoms with Crippen molar-refractivity contribution in [2.24, 2.45) is 12.8 Å². The number of hydrogen-bond donors (Lipinski definition) is 1. The van der Waals surface area contributed by atoms with E-state index in [2.05, 4.69) is 5.10 Å². The lowest BCUT2D eigenvalue weighted by Gasteiger charge is -2.24. The van der Waals surface area contributed by atoms with E-state index in [0.717, 1.165) is 11.3 Å². The Kier molecular flexibility index (Phi) is 2.98. The summed E-state index contributed by atoms with van der Waals surface area (Å²) < 4.78 is 14.6. The number of aromatic nitrogens is 2. The summed E-state index contributed by atoms with van der Waals surface area (Å²) in [6.07, 6.45) is 2.51. The topological polar surface area (TPSA) is 43.8 Å². The Morgan fingerprint density at radius 3 is 2.47 bits per heavy atom. The van der Waals surface area contributed by atoms with Crippen LogP contribution >= 0.6 is 0 Å². The van der Waals surface area contributed by atoms with Crippen LogP contribution in [0.5, 0.6) is 0 Å². The lowest BCUT2D eigenvalue weighted by molar-refractivity contribution is 0.480. The summed E-state index contributed by atoms with van der Waals surface area (Å²) in [5.74, 6) is -0.248. The molecule has 0 fully saturated rings. The highest BCUT2D eigenvalue weighted by Crippen LogP contribution is 2.22. The van der Waals surface area contributed by atoms with Gasteiger partial charge in [0.05, 0.1) is 5.69 Å². The third-order valence-electron chi connectivity index (χ3n) is 2.82. The molecule has 3 nitrogen and oxygen atoms in total. The van der Waals surface area contributed by atoms with Crippen LogP contribution in [0.3, 0.4) is 0 Å². The Labute approximate surface area is 100 Å². The number of halogens is 1. The molecular weight excluding hydrogens is 217 g/mol. The van der Waals surface area contributed by atoms with E-state index < -0.39 is 5.54 Å². The molecule has 0 radical (unpaired) electrons. The maximum Gasteiger partial charge on any atom is 0.123 e. The number of nitrogens with two attached hydrogens (primary N) is 1. The monoisotopic (exact) mass is 233 g/mol. The lowest BCUT2D eigenvalue weighted by Crippen LogP contribution is -2.35. The fourth-order valence-corrected chi connectivity index (χ4v) is 1.87. The van der Waals surface area contributed by atoms with Gasteiger partial charge in [-0.3, -0.25) is 4.68 Å². The number of aryl methyl sites for hydroxylation is 1. The molecule has 0 spiro atoms. The first-order chi connectivity index (χ1) is 7.97. The number of hydrogen-bond acceptors (Lipinski definition) is 2. The molecule has 1 aromatic heterocycles. The van der Waals surface area contributed by atoms with E-state index in [1.807, 2.05) is 26.2 Å². The zero-order valence-corrected chi connectivity index (χ0v) is 10.0. The molecule has 0 amide bonds. The Morgan fingerprint density at radius 1 is 1.29 bits per heavy atom. The van der Waals surface area contributed by atoms with Crippen molar-refractivity contribution in [3.63, 3.8) is 0 Å². The molecular formula is C13H16FN3. The average Bonchev–Trinajstić information content (AvgIpc) is 2.63. The second-order valence-electron chi connectivity index (χ2n) is 4.58. The predicted octanol–water partition coefficient (Wildman–Crippen LogP) is 1.98. The Balaban J connectivity index is 2.21. The molecule has 1 atom stereocenters. The van der Waals surface area contributed by atoms with E-state index in [0.29, 0.717) is 6.42 Å². The van der Waals surface area contributed by atoms with Crippen LogP contribution in [0, 0.1) is 5.82 Å². The number of rotatable bonds is 3. The Hall–Kier alpha value is -1.68. The smallest absolute Gasteiger partial charge is 0.123 e. The maximum atomic E-state index is 12.8. The number of benzene rings is 1. The summed E-state index contributed by atoms with van der Waals surface area (Å²) >= 11 is 0. The van der Waals surface area contributed by atoms with Crippen LogP contribution in [0.4, 0.5) is 4.39 Å². The highest BCUT2D eigenvalue weighted by atomic mass is 19.1. The maximum absolute atomic E-state index is 12.8. The SMILES string of the molecule is Cn1ccc(CC(C)(N)c2ccc(F)cc2)n1. The molecule has 0 saturated heterocycles. The van der Waals surface area contributed by atoms with Gasteiger partial charge in [0.15, 0.2) is 0 Å². The molecule has 90 valence electrons. The summed E-state index contributed by atoms with van der Waals surface area (Å²) in [5.41, 5.74) is 7.56. The second kappa shape index (κ2) is 4.30. The summed E-state index contributed by atoms with van der Waals surface area (Å²) in [5, 5.41) is 4.30. The molecule has 0 bridgehead atoms. The fraction of sp³-hybridized carbons (Fsp3) is 0.308. The van der Waals surface area contributed by atoms with E-state index in [-0.39, 0.29) is 5.82 Å². The van der Waals surface area contributed by atoms with Crippen LogP contribution in [0.2, 0.25) is 0 Å². The summed E-state index contributed by atoms with van der Waals surface area (Å²) in [4.78, 5) is 0. The van der Waals surface area contributed by atoms with Crippen molar-refractivity contribution in [3.8, 4) is 0 Å². The molecule has 1 unspecified atom stereocenters. The van der Waals surface area contributed by atoms with Gasteiger partial charge >= 0.3 is 0 Å². The van der Waals surface area contributed by atoms with Crippen molar-refractivity contribution in [1.82, 2.24) is 9.78 Å². The van der Waals surface area contributed by atoms with Gasteiger partial charge in [0, 0.05) is 25.2 Å². The van der Waals surface area contributed by atoms with E-state index in [1.165, 1.54) is 12.1 Å². The zero-order valence-electron chi connectivity index (χ0n) is 10.0. The molecule has 0 saturated carbocycles. The largest absolute Gasteiger partial charge is 0.321 e. The molecule has 1 heterocycles. The van der Waals surface area contributed by atoms with Gasteiger partial charge in [0.25, 0.3) is 0 Å². The standard InChI is InChI=1S/C13H16FN3/c1-13(15,9-12-7-8-17(2)16-12)10-3-5-11(14)6-4-10/h3-8H,9,15H2,1-2H3. The molecule has 2 aromatic rings. The highest BCUT2D eigenvalue weighted by Gasteiger charge is 2.22. The van der Waals surface area contributed by atoms with E-state index in [4.69, 9.17) is 5.73 Å². The van der Waals surface area contributed by atoms with E-state index in [9.17, 15) is 4.39 Å². The molecule has 0 aliphatic rings. The minimum absolute atomic E-state index is 0.248. The van der Waals surface area contributed by atoms with Crippen LogP contribution in [-0.4, -0.2) is 9.78 Å². The first kappa shape index (κ1) is 11.8. The molecule has 17 heavy (non-hydrogen) atoms. The van der Waals surface area contributed by atoms with Crippen LogP contribution in [0.1, 0.15) is 18.2 Å². The molecule has 4 heteroatoms. The fourth-order valence-electron chi connectivity index (χ4n) is 1.87. The third kappa shape index (κ3) is 2.71. The van der Waals surface area contributed by atoms with Crippen molar-refractivity contribution in [1.29, 1.82) is 0 Å². The minimum atomic E-state index is -0.540. The van der Waals surface area contributed by atoms with Gasteiger partial charge in [0.1, 0.15) is 5.82 Å². The van der Waals surface area contributed by atoms with Crippen molar-refractivity contribution in [2.45, 2.75) is 18.9 Å². The van der Waals surface area contributed by atoms with Crippen molar-refractivity contribution >= 4 is 0 Å². The molecule has 1 aromatic carbocycles. The van der Waals surface area contributed by atoms with Gasteiger partial charge in [-0.25, -0.2) is 4.39 Å². The lowest BCUT2D eigenvalue weighted by atomic mass is 9.88. The molecule has 2 N–H and O–H groups in total. The third-order valence-corrected chi connectivity index (χ3v) is 2.82. The zero-order chi connectivity index (χ0) is 12.5. The average molecular weight is 233 g/mol. The van der Waals surface area contributed by atoms with Crippen molar-refractivity contribution in [3.05, 3.63) is 53.6 Å². The van der Waals surface area contributed by atoms with Gasteiger partial charge in [-0.2, -0.15) is 5.10 Å². The van der Waals surface area contributed by atoms with E-state index in [1.54, 1.807) is 16.8 Å². The molecule has 2 rings (SSSR count). The Morgan fingerprint density at radius 2 is 1.94 bits per heavy atom. The van der Waals surface area contributed by atoms with Crippen LogP contribution < -0.4 is 5.73 Å². The van der Waals surface area contributed by atoms with Gasteiger partial charge < -0.3 is 5.73 Å². The van der Waals surface area contributed by atoms with Crippen LogP contribution in [0.25, 0.3) is 0 Å². The van der Waals surface area contributed by atoms with Crippen molar-refractivity contribution in [2.75, 3.05) is 0 Å². The van der Waals surface area contributed by atoms with Crippen LogP contribution in [-0.2, 0) is 19.0 Å². The minimum Gasteiger partial charge on any atom is -0.321 e. The highest BCUT2D eigenvalue weighted by molar-refractivity contribution is 5.25. The molecule has 0 aliphatic carbocycles. The predicted molar refractivity (Wildman–Crippen MR) is 64.9 cm³/mol. The van der Waals surface area contributed by atoms with Gasteiger partial charge in [0.2, 0.25) is 0 Å². The summed E-state index contributed by atoms with van der Waals surface area (Å²) in [6.45, 7) is 1.93. The molecule has 0 aliphatic heterocycles. The van der Waals surface area contributed by atoms with Gasteiger partial charge in [-0.15, -0.1) is 0 Å². The van der Waals surface area contributed by atoms with Crippen LogP contribution in [0.15, 0.2) is 36.5 Å². The number of nitrogens with zero attached hydrogens (tertiary/aromatic N) is 2. The van der Waals surface area contributed by atoms with Crippen molar-refractivity contribution < 1.29 is 4.39 Å². The summed E-state index contributed by atoms with van der Waals surface area (Å²) in [6, 6.07) is 8.24.